The second-order valence-electron chi connectivity index (χ2n) is 11.1. The van der Waals surface area contributed by atoms with Crippen molar-refractivity contribution in [3.63, 3.8) is 0 Å². The molecule has 0 amide bonds. The fourth-order valence-electron chi connectivity index (χ4n) is 6.21. The number of fused-ring (bicyclic) bond motifs is 2. The lowest BCUT2D eigenvalue weighted by Gasteiger charge is -2.36. The zero-order chi connectivity index (χ0) is 24.6. The van der Waals surface area contributed by atoms with E-state index in [0.717, 1.165) is 56.2 Å². The molecule has 0 radical (unpaired) electrons. The Kier molecular flexibility index (Phi) is 6.46. The third kappa shape index (κ3) is 4.40. The zero-order valence-electron chi connectivity index (χ0n) is 22.0. The fourth-order valence-corrected chi connectivity index (χ4v) is 6.21. The van der Waals surface area contributed by atoms with E-state index in [9.17, 15) is 0 Å². The maximum Gasteiger partial charge on any atom is 0.318 e. The van der Waals surface area contributed by atoms with E-state index < -0.39 is 0 Å². The fraction of sp³-hybridized carbons (Fsp3) is 0.607. The van der Waals surface area contributed by atoms with Gasteiger partial charge in [-0.3, -0.25) is 5.10 Å². The molecule has 3 aliphatic rings. The molecule has 8 heteroatoms. The molecule has 1 N–H and O–H groups in total. The monoisotopic (exact) mass is 489 g/mol. The summed E-state index contributed by atoms with van der Waals surface area (Å²) in [5.74, 6) is 1.54. The van der Waals surface area contributed by atoms with Gasteiger partial charge in [0.05, 0.1) is 29.6 Å². The van der Waals surface area contributed by atoms with Crippen LogP contribution < -0.4 is 14.5 Å². The summed E-state index contributed by atoms with van der Waals surface area (Å²) in [5.41, 5.74) is 6.15. The van der Waals surface area contributed by atoms with Gasteiger partial charge in [0.2, 0.25) is 0 Å². The number of likely N-dealkylation sites (tertiary alicyclic amines) is 1. The van der Waals surface area contributed by atoms with Crippen LogP contribution in [0.1, 0.15) is 68.7 Å². The number of ether oxygens (including phenoxy) is 1. The first kappa shape index (κ1) is 23.5. The van der Waals surface area contributed by atoms with Gasteiger partial charge in [0, 0.05) is 36.6 Å². The molecule has 0 aliphatic carbocycles. The Labute approximate surface area is 214 Å². The van der Waals surface area contributed by atoms with Gasteiger partial charge in [-0.2, -0.15) is 15.1 Å². The van der Waals surface area contributed by atoms with Gasteiger partial charge in [-0.05, 0) is 69.7 Å². The van der Waals surface area contributed by atoms with Gasteiger partial charge in [0.15, 0.2) is 0 Å². The third-order valence-corrected chi connectivity index (χ3v) is 8.32. The summed E-state index contributed by atoms with van der Waals surface area (Å²) in [7, 11) is 2.19. The number of aromatic amines is 1. The highest BCUT2D eigenvalue weighted by molar-refractivity contribution is 5.93. The van der Waals surface area contributed by atoms with Crippen molar-refractivity contribution in [1.82, 2.24) is 25.1 Å². The highest BCUT2D eigenvalue weighted by Crippen LogP contribution is 2.38. The number of aromatic nitrogens is 4. The summed E-state index contributed by atoms with van der Waals surface area (Å²) < 4.78 is 6.29. The van der Waals surface area contributed by atoms with Crippen molar-refractivity contribution < 1.29 is 4.74 Å². The van der Waals surface area contributed by atoms with Gasteiger partial charge in [-0.15, -0.1) is 0 Å². The third-order valence-electron chi connectivity index (χ3n) is 8.32. The van der Waals surface area contributed by atoms with Crippen LogP contribution in [-0.4, -0.2) is 70.9 Å². The summed E-state index contributed by atoms with van der Waals surface area (Å²) in [6.07, 6.45) is 9.10. The summed E-state index contributed by atoms with van der Waals surface area (Å²) in [4.78, 5) is 17.4. The number of benzene rings is 1. The number of nitrogens with zero attached hydrogens (tertiary/aromatic N) is 6. The van der Waals surface area contributed by atoms with Gasteiger partial charge in [0.25, 0.3) is 0 Å². The molecule has 1 atom stereocenters. The predicted molar refractivity (Wildman–Crippen MR) is 144 cm³/mol. The molecular formula is C28H39N7O. The molecule has 0 spiro atoms. The van der Waals surface area contributed by atoms with E-state index >= 15 is 0 Å². The van der Waals surface area contributed by atoms with Crippen LogP contribution in [0.5, 0.6) is 6.01 Å². The standard InChI is InChI=1S/C28H39N7O/c1-19(2)21-9-10-24-23(16-29-32-24)26(21)35-15-11-22-25(17-35)30-28(36-18-20-8-7-12-33(20)3)31-27(22)34-13-5-4-6-14-34/h9-10,16,19-20H,4-8,11-15,17-18H2,1-3H3,(H,29,32)/t20-/m0/s1. The Bertz CT molecular complexity index is 1220. The molecule has 36 heavy (non-hydrogen) atoms. The van der Waals surface area contributed by atoms with Crippen LogP contribution in [-0.2, 0) is 13.0 Å². The van der Waals surface area contributed by atoms with Crippen LogP contribution in [0.4, 0.5) is 11.5 Å². The van der Waals surface area contributed by atoms with E-state index in [-0.39, 0.29) is 0 Å². The largest absolute Gasteiger partial charge is 0.462 e. The van der Waals surface area contributed by atoms with Crippen LogP contribution in [0.15, 0.2) is 18.3 Å². The lowest BCUT2D eigenvalue weighted by molar-refractivity contribution is 0.187. The summed E-state index contributed by atoms with van der Waals surface area (Å²) >= 11 is 0. The molecule has 3 aromatic rings. The molecule has 2 fully saturated rings. The predicted octanol–water partition coefficient (Wildman–Crippen LogP) is 4.50. The molecule has 3 aliphatic heterocycles. The lowest BCUT2D eigenvalue weighted by Crippen LogP contribution is -2.37. The topological polar surface area (TPSA) is 73.4 Å². The number of nitrogens with one attached hydrogen (secondary N) is 1. The SMILES string of the molecule is CC(C)c1ccc2[nH]ncc2c1N1CCc2c(nc(OC[C@@H]3CCCN3C)nc2N2CCCCC2)C1. The molecule has 2 saturated heterocycles. The van der Waals surface area contributed by atoms with Gasteiger partial charge < -0.3 is 19.4 Å². The Balaban J connectivity index is 1.35. The maximum absolute atomic E-state index is 6.29. The number of hydrogen-bond acceptors (Lipinski definition) is 7. The molecule has 5 heterocycles. The average molecular weight is 490 g/mol. The van der Waals surface area contributed by atoms with E-state index in [1.54, 1.807) is 0 Å². The Morgan fingerprint density at radius 2 is 1.89 bits per heavy atom. The number of piperidine rings is 1. The van der Waals surface area contributed by atoms with Gasteiger partial charge in [0.1, 0.15) is 12.4 Å². The van der Waals surface area contributed by atoms with Gasteiger partial charge in [-0.1, -0.05) is 19.9 Å². The zero-order valence-corrected chi connectivity index (χ0v) is 22.0. The van der Waals surface area contributed by atoms with Crippen LogP contribution in [0.2, 0.25) is 0 Å². The van der Waals surface area contributed by atoms with Crippen molar-refractivity contribution in [1.29, 1.82) is 0 Å². The molecular weight excluding hydrogens is 450 g/mol. The molecule has 0 unspecified atom stereocenters. The van der Waals surface area contributed by atoms with E-state index in [1.165, 1.54) is 54.3 Å². The molecule has 0 bridgehead atoms. The molecule has 2 aromatic heterocycles. The molecule has 0 saturated carbocycles. The number of rotatable bonds is 6. The summed E-state index contributed by atoms with van der Waals surface area (Å²) in [5, 5.41) is 8.70. The Hall–Kier alpha value is -2.87. The van der Waals surface area contributed by atoms with Crippen molar-refractivity contribution in [3.8, 4) is 6.01 Å². The van der Waals surface area contributed by atoms with E-state index in [2.05, 4.69) is 57.9 Å². The molecule has 1 aromatic carbocycles. The minimum absolute atomic E-state index is 0.428. The number of likely N-dealkylation sites (N-methyl/N-ethyl adjacent to an activating group) is 1. The van der Waals surface area contributed by atoms with Gasteiger partial charge >= 0.3 is 6.01 Å². The second kappa shape index (κ2) is 9.88. The van der Waals surface area contributed by atoms with Gasteiger partial charge in [-0.25, -0.2) is 0 Å². The summed E-state index contributed by atoms with van der Waals surface area (Å²) in [6.45, 7) is 10.2. The quantitative estimate of drug-likeness (QED) is 0.546. The average Bonchev–Trinajstić information content (AvgIpc) is 3.55. The number of hydrogen-bond donors (Lipinski definition) is 1. The van der Waals surface area contributed by atoms with Crippen molar-refractivity contribution in [2.45, 2.75) is 70.9 Å². The van der Waals surface area contributed by atoms with Crippen molar-refractivity contribution in [2.75, 3.05) is 49.6 Å². The van der Waals surface area contributed by atoms with Crippen LogP contribution in [0.3, 0.4) is 0 Å². The van der Waals surface area contributed by atoms with Crippen molar-refractivity contribution in [3.05, 3.63) is 35.2 Å². The van der Waals surface area contributed by atoms with Crippen molar-refractivity contribution >= 4 is 22.4 Å². The minimum Gasteiger partial charge on any atom is -0.462 e. The van der Waals surface area contributed by atoms with Crippen LogP contribution in [0, 0.1) is 0 Å². The maximum atomic E-state index is 6.29. The van der Waals surface area contributed by atoms with Crippen LogP contribution >= 0.6 is 0 Å². The minimum atomic E-state index is 0.428. The van der Waals surface area contributed by atoms with E-state index in [0.29, 0.717) is 24.6 Å². The number of anilines is 2. The first-order valence-electron chi connectivity index (χ1n) is 13.8. The Morgan fingerprint density at radius 3 is 2.67 bits per heavy atom. The van der Waals surface area contributed by atoms with Crippen LogP contribution in [0.25, 0.3) is 10.9 Å². The first-order chi connectivity index (χ1) is 17.6. The molecule has 6 rings (SSSR count). The molecule has 8 nitrogen and oxygen atoms in total. The van der Waals surface area contributed by atoms with Crippen molar-refractivity contribution in [2.24, 2.45) is 0 Å². The molecule has 192 valence electrons. The number of H-pyrrole nitrogens is 1. The van der Waals surface area contributed by atoms with E-state index in [1.807, 2.05) is 6.20 Å². The first-order valence-corrected chi connectivity index (χ1v) is 13.8. The second-order valence-corrected chi connectivity index (χ2v) is 11.1. The lowest BCUT2D eigenvalue weighted by atomic mass is 9.95. The normalized spacial score (nSPS) is 20.9. The Morgan fingerprint density at radius 1 is 1.03 bits per heavy atom. The highest BCUT2D eigenvalue weighted by Gasteiger charge is 2.29. The highest BCUT2D eigenvalue weighted by atomic mass is 16.5. The summed E-state index contributed by atoms with van der Waals surface area (Å²) in [6, 6.07) is 5.40. The van der Waals surface area contributed by atoms with E-state index in [4.69, 9.17) is 14.7 Å². The smallest absolute Gasteiger partial charge is 0.318 e.